The minimum atomic E-state index is -0.171. The van der Waals surface area contributed by atoms with E-state index in [1.54, 1.807) is 0 Å². The number of benzene rings is 5. The lowest BCUT2D eigenvalue weighted by molar-refractivity contribution is 0.417. The molecule has 0 saturated carbocycles. The summed E-state index contributed by atoms with van der Waals surface area (Å²) in [5.41, 5.74) is 6.49. The molecule has 0 saturated heterocycles. The standard InChI is InChI=1S/C33H22N4S/c34-19-20-13-15-21(16-14-20)32-24-9-1-4-10-27(24)35-33(36-32)37-28-11-5-2-7-22(28)25-18-31-26(17-29(25)37)23-8-3-6-12-30(23)38-31/h1-18,32-33,35-36H. The van der Waals surface area contributed by atoms with Gasteiger partial charge in [-0.1, -0.05) is 66.7 Å². The Morgan fingerprint density at radius 1 is 0.684 bits per heavy atom. The van der Waals surface area contributed by atoms with Crippen LogP contribution >= 0.6 is 11.3 Å². The van der Waals surface area contributed by atoms with Crippen molar-refractivity contribution in [1.82, 2.24) is 9.88 Å². The predicted octanol–water partition coefficient (Wildman–Crippen LogP) is 8.29. The third kappa shape index (κ3) is 3.12. The van der Waals surface area contributed by atoms with Crippen molar-refractivity contribution >= 4 is 59.0 Å². The number of para-hydroxylation sites is 2. The van der Waals surface area contributed by atoms with E-state index in [2.05, 4.69) is 118 Å². The van der Waals surface area contributed by atoms with Crippen LogP contribution in [0.4, 0.5) is 5.69 Å². The van der Waals surface area contributed by atoms with Gasteiger partial charge < -0.3 is 9.88 Å². The largest absolute Gasteiger partial charge is 0.352 e. The Bertz CT molecular complexity index is 2060. The molecule has 0 fully saturated rings. The van der Waals surface area contributed by atoms with Gasteiger partial charge in [-0.2, -0.15) is 5.26 Å². The molecule has 1 aliphatic rings. The fourth-order valence-electron chi connectivity index (χ4n) is 5.98. The molecule has 180 valence electrons. The molecule has 2 atom stereocenters. The van der Waals surface area contributed by atoms with Gasteiger partial charge in [-0.3, -0.25) is 5.32 Å². The lowest BCUT2D eigenvalue weighted by atomic mass is 9.94. The van der Waals surface area contributed by atoms with Gasteiger partial charge in [0.05, 0.1) is 28.7 Å². The molecule has 3 heterocycles. The third-order valence-corrected chi connectivity index (χ3v) is 8.86. The Morgan fingerprint density at radius 3 is 2.32 bits per heavy atom. The van der Waals surface area contributed by atoms with Gasteiger partial charge in [-0.25, -0.2) is 0 Å². The van der Waals surface area contributed by atoms with Gasteiger partial charge in [-0.05, 0) is 53.6 Å². The van der Waals surface area contributed by atoms with Crippen LogP contribution < -0.4 is 10.6 Å². The number of rotatable bonds is 2. The normalized spacial score (nSPS) is 17.0. The minimum Gasteiger partial charge on any atom is -0.352 e. The lowest BCUT2D eigenvalue weighted by Crippen LogP contribution is -2.40. The number of anilines is 1. The Balaban J connectivity index is 1.37. The molecule has 5 heteroatoms. The summed E-state index contributed by atoms with van der Waals surface area (Å²) in [5.74, 6) is 0. The second-order valence-electron chi connectivity index (χ2n) is 9.82. The molecule has 0 bridgehead atoms. The van der Waals surface area contributed by atoms with E-state index in [0.717, 1.165) is 11.3 Å². The average molecular weight is 507 g/mol. The summed E-state index contributed by atoms with van der Waals surface area (Å²) >= 11 is 1.86. The maximum Gasteiger partial charge on any atom is 0.160 e. The summed E-state index contributed by atoms with van der Waals surface area (Å²) in [6, 6.07) is 40.7. The molecule has 2 aromatic heterocycles. The number of hydrogen-bond donors (Lipinski definition) is 2. The SMILES string of the molecule is N#Cc1ccc(C2NC(n3c4ccccc4c4cc5sc6ccccc6c5cc43)Nc3ccccc32)cc1. The summed E-state index contributed by atoms with van der Waals surface area (Å²) in [6.45, 7) is 0. The zero-order valence-corrected chi connectivity index (χ0v) is 21.2. The second kappa shape index (κ2) is 8.19. The molecule has 1 aliphatic heterocycles. The summed E-state index contributed by atoms with van der Waals surface area (Å²) in [7, 11) is 0. The van der Waals surface area contributed by atoms with Crippen molar-refractivity contribution < 1.29 is 0 Å². The molecule has 2 unspecified atom stereocenters. The van der Waals surface area contributed by atoms with E-state index in [1.165, 1.54) is 47.5 Å². The van der Waals surface area contributed by atoms with Gasteiger partial charge in [0.25, 0.3) is 0 Å². The van der Waals surface area contributed by atoms with Gasteiger partial charge in [0.2, 0.25) is 0 Å². The van der Waals surface area contributed by atoms with E-state index < -0.39 is 0 Å². The first-order valence-corrected chi connectivity index (χ1v) is 13.6. The van der Waals surface area contributed by atoms with Gasteiger partial charge >= 0.3 is 0 Å². The Kier molecular flexibility index (Phi) is 4.62. The van der Waals surface area contributed by atoms with E-state index in [1.807, 2.05) is 23.5 Å². The Labute approximate surface area is 223 Å². The molecule has 0 aliphatic carbocycles. The van der Waals surface area contributed by atoms with E-state index in [0.29, 0.717) is 5.56 Å². The minimum absolute atomic E-state index is 0.0212. The number of aromatic nitrogens is 1. The number of nitrogens with zero attached hydrogens (tertiary/aromatic N) is 2. The van der Waals surface area contributed by atoms with Gasteiger partial charge in [0, 0.05) is 36.6 Å². The first-order valence-electron chi connectivity index (χ1n) is 12.7. The van der Waals surface area contributed by atoms with E-state index in [-0.39, 0.29) is 12.3 Å². The van der Waals surface area contributed by atoms with Crippen LogP contribution in [-0.4, -0.2) is 4.57 Å². The Hall–Kier alpha value is -4.63. The highest BCUT2D eigenvalue weighted by Gasteiger charge is 2.29. The van der Waals surface area contributed by atoms with Crippen molar-refractivity contribution in [2.75, 3.05) is 5.32 Å². The van der Waals surface area contributed by atoms with Gasteiger partial charge in [0.15, 0.2) is 6.29 Å². The number of nitrogens with one attached hydrogen (secondary N) is 2. The molecule has 0 radical (unpaired) electrons. The molecule has 38 heavy (non-hydrogen) atoms. The monoisotopic (exact) mass is 506 g/mol. The second-order valence-corrected chi connectivity index (χ2v) is 10.9. The summed E-state index contributed by atoms with van der Waals surface area (Å²) in [6.07, 6.45) is -0.171. The molecule has 2 N–H and O–H groups in total. The highest BCUT2D eigenvalue weighted by atomic mass is 32.1. The molecular formula is C33H22N4S. The fourth-order valence-corrected chi connectivity index (χ4v) is 7.10. The number of hydrogen-bond acceptors (Lipinski definition) is 4. The molecule has 0 spiro atoms. The average Bonchev–Trinajstić information content (AvgIpc) is 3.50. The molecule has 4 nitrogen and oxygen atoms in total. The third-order valence-electron chi connectivity index (χ3n) is 7.73. The molecule has 7 aromatic rings. The van der Waals surface area contributed by atoms with Gasteiger partial charge in [0.1, 0.15) is 0 Å². The van der Waals surface area contributed by atoms with Crippen LogP contribution in [0.2, 0.25) is 0 Å². The van der Waals surface area contributed by atoms with Crippen molar-refractivity contribution in [3.05, 3.63) is 126 Å². The smallest absolute Gasteiger partial charge is 0.160 e. The van der Waals surface area contributed by atoms with E-state index in [4.69, 9.17) is 0 Å². The van der Waals surface area contributed by atoms with Crippen molar-refractivity contribution in [3.63, 3.8) is 0 Å². The Morgan fingerprint density at radius 2 is 1.45 bits per heavy atom. The van der Waals surface area contributed by atoms with Crippen LogP contribution in [0.25, 0.3) is 42.0 Å². The topological polar surface area (TPSA) is 52.8 Å². The van der Waals surface area contributed by atoms with Crippen LogP contribution in [-0.2, 0) is 0 Å². The molecule has 5 aromatic carbocycles. The highest BCUT2D eigenvalue weighted by Crippen LogP contribution is 2.42. The number of fused-ring (bicyclic) bond motifs is 7. The van der Waals surface area contributed by atoms with Crippen molar-refractivity contribution in [2.45, 2.75) is 12.3 Å². The quantitative estimate of drug-likeness (QED) is 0.248. The number of thiophene rings is 1. The first-order chi connectivity index (χ1) is 18.8. The number of nitriles is 1. The summed E-state index contributed by atoms with van der Waals surface area (Å²) in [4.78, 5) is 0. The van der Waals surface area contributed by atoms with Crippen molar-refractivity contribution in [2.24, 2.45) is 0 Å². The highest BCUT2D eigenvalue weighted by molar-refractivity contribution is 7.25. The fraction of sp³-hybridized carbons (Fsp3) is 0.0606. The van der Waals surface area contributed by atoms with Crippen LogP contribution in [0.5, 0.6) is 0 Å². The maximum absolute atomic E-state index is 9.31. The summed E-state index contributed by atoms with van der Waals surface area (Å²) in [5, 5.41) is 22.1. The van der Waals surface area contributed by atoms with Crippen LogP contribution in [0.1, 0.15) is 29.0 Å². The van der Waals surface area contributed by atoms with E-state index in [9.17, 15) is 5.26 Å². The predicted molar refractivity (Wildman–Crippen MR) is 158 cm³/mol. The van der Waals surface area contributed by atoms with Crippen LogP contribution in [0.3, 0.4) is 0 Å². The van der Waals surface area contributed by atoms with Crippen molar-refractivity contribution in [1.29, 1.82) is 5.26 Å². The van der Waals surface area contributed by atoms with E-state index >= 15 is 0 Å². The molecule has 0 amide bonds. The lowest BCUT2D eigenvalue weighted by Gasteiger charge is -2.36. The maximum atomic E-state index is 9.31. The van der Waals surface area contributed by atoms with Crippen LogP contribution in [0.15, 0.2) is 109 Å². The zero-order valence-electron chi connectivity index (χ0n) is 20.3. The zero-order chi connectivity index (χ0) is 25.2. The summed E-state index contributed by atoms with van der Waals surface area (Å²) < 4.78 is 5.03. The first kappa shape index (κ1) is 21.5. The van der Waals surface area contributed by atoms with Crippen molar-refractivity contribution in [3.8, 4) is 6.07 Å². The molecule has 8 rings (SSSR count). The van der Waals surface area contributed by atoms with Crippen LogP contribution in [0, 0.1) is 11.3 Å². The molecular weight excluding hydrogens is 484 g/mol. The van der Waals surface area contributed by atoms with Gasteiger partial charge in [-0.15, -0.1) is 11.3 Å².